The van der Waals surface area contributed by atoms with Gasteiger partial charge in [0.1, 0.15) is 5.01 Å². The van der Waals surface area contributed by atoms with E-state index in [4.69, 9.17) is 5.73 Å². The Balaban J connectivity index is 1.35. The van der Waals surface area contributed by atoms with Gasteiger partial charge in [-0.1, -0.05) is 35.5 Å². The lowest BCUT2D eigenvalue weighted by atomic mass is 9.98. The van der Waals surface area contributed by atoms with E-state index in [1.54, 1.807) is 11.3 Å². The maximum Gasteiger partial charge on any atom is 0.123 e. The summed E-state index contributed by atoms with van der Waals surface area (Å²) in [6.45, 7) is 4.59. The summed E-state index contributed by atoms with van der Waals surface area (Å²) in [7, 11) is 0. The fraction of sp³-hybridized carbons (Fsp3) is 0.421. The molecule has 0 amide bonds. The molecule has 0 saturated carbocycles. The molecule has 26 heavy (non-hydrogen) atoms. The van der Waals surface area contributed by atoms with E-state index >= 15 is 0 Å². The molecule has 3 aromatic rings. The second-order valence-corrected chi connectivity index (χ2v) is 7.99. The number of likely N-dealkylation sites (tertiary alicyclic amines) is 1. The third-order valence-electron chi connectivity index (χ3n) is 4.80. The molecule has 2 aromatic heterocycles. The highest BCUT2D eigenvalue weighted by atomic mass is 32.1. The number of piperidine rings is 1. The van der Waals surface area contributed by atoms with Crippen LogP contribution in [0.5, 0.6) is 0 Å². The molecule has 7 heteroatoms. The average molecular weight is 369 g/mol. The third-order valence-corrected chi connectivity index (χ3v) is 5.83. The van der Waals surface area contributed by atoms with Crippen molar-refractivity contribution in [3.63, 3.8) is 0 Å². The first kappa shape index (κ1) is 17.3. The van der Waals surface area contributed by atoms with Crippen molar-refractivity contribution in [2.24, 2.45) is 11.7 Å². The summed E-state index contributed by atoms with van der Waals surface area (Å²) in [5, 5.41) is 9.38. The number of rotatable bonds is 6. The van der Waals surface area contributed by atoms with E-state index in [0.717, 1.165) is 36.9 Å². The molecular weight excluding hydrogens is 344 g/mol. The van der Waals surface area contributed by atoms with Gasteiger partial charge in [-0.2, -0.15) is 0 Å². The first-order valence-corrected chi connectivity index (χ1v) is 9.93. The van der Waals surface area contributed by atoms with E-state index in [2.05, 4.69) is 44.5 Å². The molecule has 0 aliphatic carbocycles. The first-order valence-electron chi connectivity index (χ1n) is 9.11. The third kappa shape index (κ3) is 4.17. The fourth-order valence-electron chi connectivity index (χ4n) is 3.54. The number of hydrogen-bond donors (Lipinski definition) is 1. The first-order chi connectivity index (χ1) is 12.8. The fourth-order valence-corrected chi connectivity index (χ4v) is 4.51. The number of aromatic nitrogens is 4. The van der Waals surface area contributed by atoms with E-state index in [0.29, 0.717) is 12.5 Å². The van der Waals surface area contributed by atoms with Crippen LogP contribution in [0.15, 0.2) is 42.7 Å². The number of thiazole rings is 1. The van der Waals surface area contributed by atoms with Crippen molar-refractivity contribution in [3.05, 3.63) is 53.3 Å². The summed E-state index contributed by atoms with van der Waals surface area (Å²) in [6.07, 6.45) is 6.47. The molecule has 0 bridgehead atoms. The van der Waals surface area contributed by atoms with Crippen LogP contribution in [0.25, 0.3) is 10.6 Å². The van der Waals surface area contributed by atoms with Gasteiger partial charge in [-0.05, 0) is 25.3 Å². The molecule has 1 saturated heterocycles. The van der Waals surface area contributed by atoms with Gasteiger partial charge in [-0.15, -0.1) is 16.4 Å². The van der Waals surface area contributed by atoms with Crippen molar-refractivity contribution in [1.29, 1.82) is 0 Å². The second kappa shape index (κ2) is 8.07. The van der Waals surface area contributed by atoms with E-state index < -0.39 is 0 Å². The van der Waals surface area contributed by atoms with Crippen molar-refractivity contribution in [2.75, 3.05) is 13.1 Å². The SMILES string of the molecule is NCc1cn(C[C@@H]2CCCN(Cc3cnc(-c4ccccc4)s3)C2)nn1. The minimum Gasteiger partial charge on any atom is -0.325 e. The Kier molecular flexibility index (Phi) is 5.38. The molecule has 1 aromatic carbocycles. The zero-order chi connectivity index (χ0) is 17.8. The Hall–Kier alpha value is -2.09. The average Bonchev–Trinajstić information content (AvgIpc) is 3.32. The van der Waals surface area contributed by atoms with Gasteiger partial charge in [0.25, 0.3) is 0 Å². The van der Waals surface area contributed by atoms with E-state index in [1.165, 1.54) is 23.3 Å². The summed E-state index contributed by atoms with van der Waals surface area (Å²) in [6, 6.07) is 10.4. The minimum atomic E-state index is 0.450. The van der Waals surface area contributed by atoms with Crippen LogP contribution in [0, 0.1) is 5.92 Å². The molecule has 4 rings (SSSR count). The van der Waals surface area contributed by atoms with Gasteiger partial charge in [-0.25, -0.2) is 4.98 Å². The summed E-state index contributed by atoms with van der Waals surface area (Å²) < 4.78 is 1.94. The van der Waals surface area contributed by atoms with Crippen LogP contribution in [0.4, 0.5) is 0 Å². The Bertz CT molecular complexity index is 827. The lowest BCUT2D eigenvalue weighted by Gasteiger charge is -2.32. The van der Waals surface area contributed by atoms with Crippen LogP contribution in [-0.4, -0.2) is 38.0 Å². The molecule has 1 fully saturated rings. The molecule has 0 spiro atoms. The van der Waals surface area contributed by atoms with Crippen LogP contribution in [0.1, 0.15) is 23.4 Å². The highest BCUT2D eigenvalue weighted by Crippen LogP contribution is 2.27. The van der Waals surface area contributed by atoms with Crippen LogP contribution >= 0.6 is 11.3 Å². The molecule has 1 aliphatic rings. The van der Waals surface area contributed by atoms with Crippen molar-refractivity contribution >= 4 is 11.3 Å². The lowest BCUT2D eigenvalue weighted by Crippen LogP contribution is -2.36. The van der Waals surface area contributed by atoms with Crippen molar-refractivity contribution in [2.45, 2.75) is 32.5 Å². The number of hydrogen-bond acceptors (Lipinski definition) is 6. The van der Waals surface area contributed by atoms with Gasteiger partial charge in [0.05, 0.1) is 5.69 Å². The van der Waals surface area contributed by atoms with Gasteiger partial charge in [-0.3, -0.25) is 9.58 Å². The highest BCUT2D eigenvalue weighted by molar-refractivity contribution is 7.15. The second-order valence-electron chi connectivity index (χ2n) is 6.88. The van der Waals surface area contributed by atoms with Crippen molar-refractivity contribution in [1.82, 2.24) is 24.9 Å². The van der Waals surface area contributed by atoms with Crippen molar-refractivity contribution < 1.29 is 0 Å². The zero-order valence-electron chi connectivity index (χ0n) is 14.8. The quantitative estimate of drug-likeness (QED) is 0.724. The van der Waals surface area contributed by atoms with Gasteiger partial charge in [0, 0.05) is 49.0 Å². The maximum absolute atomic E-state index is 5.62. The maximum atomic E-state index is 5.62. The Morgan fingerprint density at radius 3 is 2.92 bits per heavy atom. The van der Waals surface area contributed by atoms with Crippen LogP contribution in [0.3, 0.4) is 0 Å². The Labute approximate surface area is 157 Å². The van der Waals surface area contributed by atoms with Crippen molar-refractivity contribution in [3.8, 4) is 10.6 Å². The topological polar surface area (TPSA) is 72.9 Å². The number of nitrogens with zero attached hydrogens (tertiary/aromatic N) is 5. The molecular formula is C19H24N6S. The summed E-state index contributed by atoms with van der Waals surface area (Å²) >= 11 is 1.80. The largest absolute Gasteiger partial charge is 0.325 e. The molecule has 0 unspecified atom stereocenters. The predicted molar refractivity (Wildman–Crippen MR) is 103 cm³/mol. The Morgan fingerprint density at radius 2 is 2.12 bits per heavy atom. The van der Waals surface area contributed by atoms with Crippen LogP contribution in [-0.2, 0) is 19.6 Å². The molecule has 3 heterocycles. The zero-order valence-corrected chi connectivity index (χ0v) is 15.6. The van der Waals surface area contributed by atoms with Gasteiger partial charge >= 0.3 is 0 Å². The molecule has 0 radical (unpaired) electrons. The van der Waals surface area contributed by atoms with E-state index in [9.17, 15) is 0 Å². The lowest BCUT2D eigenvalue weighted by molar-refractivity contribution is 0.154. The number of benzene rings is 1. The molecule has 1 aliphatic heterocycles. The summed E-state index contributed by atoms with van der Waals surface area (Å²) in [5.41, 5.74) is 7.67. The molecule has 2 N–H and O–H groups in total. The molecule has 1 atom stereocenters. The summed E-state index contributed by atoms with van der Waals surface area (Å²) in [5.74, 6) is 0.609. The normalized spacial score (nSPS) is 18.3. The molecule has 6 nitrogen and oxygen atoms in total. The monoisotopic (exact) mass is 368 g/mol. The Morgan fingerprint density at radius 1 is 1.23 bits per heavy atom. The van der Waals surface area contributed by atoms with Crippen LogP contribution < -0.4 is 5.73 Å². The number of nitrogens with two attached hydrogens (primary N) is 1. The van der Waals surface area contributed by atoms with Gasteiger partial charge in [0.15, 0.2) is 0 Å². The van der Waals surface area contributed by atoms with E-state index in [1.807, 2.05) is 23.1 Å². The van der Waals surface area contributed by atoms with Crippen LogP contribution in [0.2, 0.25) is 0 Å². The minimum absolute atomic E-state index is 0.450. The molecule has 136 valence electrons. The standard InChI is InChI=1S/C19H24N6S/c20-9-17-13-25(23-22-17)12-15-5-4-8-24(11-15)14-18-10-21-19(26-18)16-6-2-1-3-7-16/h1-3,6-7,10,13,15H,4-5,8-9,11-12,14,20H2/t15-/m1/s1. The smallest absolute Gasteiger partial charge is 0.123 e. The predicted octanol–water partition coefficient (Wildman–Crippen LogP) is 2.77. The van der Waals surface area contributed by atoms with Gasteiger partial charge in [0.2, 0.25) is 0 Å². The highest BCUT2D eigenvalue weighted by Gasteiger charge is 2.21. The van der Waals surface area contributed by atoms with Gasteiger partial charge < -0.3 is 5.73 Å². The summed E-state index contributed by atoms with van der Waals surface area (Å²) in [4.78, 5) is 8.48. The van der Waals surface area contributed by atoms with E-state index in [-0.39, 0.29) is 0 Å².